The molecule has 1 rings (SSSR count). The van der Waals surface area contributed by atoms with Crippen molar-refractivity contribution in [2.75, 3.05) is 7.11 Å². The quantitative estimate of drug-likeness (QED) is 0.754. The smallest absolute Gasteiger partial charge is 0.335 e. The van der Waals surface area contributed by atoms with Gasteiger partial charge >= 0.3 is 5.97 Å². The highest BCUT2D eigenvalue weighted by Gasteiger charge is 2.30. The normalized spacial score (nSPS) is 14.2. The van der Waals surface area contributed by atoms with Gasteiger partial charge in [-0.3, -0.25) is 0 Å². The second-order valence-corrected chi connectivity index (χ2v) is 3.61. The molecule has 2 atom stereocenters. The fraction of sp³-hybridized carbons (Fsp3) is 0.300. The fourth-order valence-corrected chi connectivity index (χ4v) is 1.53. The van der Waals surface area contributed by atoms with Crippen LogP contribution in [0.5, 0.6) is 5.75 Å². The second-order valence-electron chi connectivity index (χ2n) is 3.21. The number of rotatable bonds is 4. The molecule has 0 heterocycles. The van der Waals surface area contributed by atoms with Crippen molar-refractivity contribution < 1.29 is 29.2 Å². The monoisotopic (exact) mass is 264 g/mol. The zero-order valence-electron chi connectivity index (χ0n) is 8.72. The van der Waals surface area contributed by atoms with E-state index in [4.69, 9.17) is 21.8 Å². The van der Waals surface area contributed by atoms with Gasteiger partial charge < -0.3 is 20.1 Å². The van der Waals surface area contributed by atoms with E-state index in [2.05, 4.69) is 4.74 Å². The van der Waals surface area contributed by atoms with Gasteiger partial charge in [0.1, 0.15) is 6.10 Å². The minimum absolute atomic E-state index is 0.198. The zero-order chi connectivity index (χ0) is 13.2. The Hall–Kier alpha value is -1.37. The van der Waals surface area contributed by atoms with Crippen LogP contribution in [0, 0.1) is 5.82 Å². The maximum Gasteiger partial charge on any atom is 0.335 e. The Balaban J connectivity index is 3.25. The van der Waals surface area contributed by atoms with Crippen molar-refractivity contribution in [3.63, 3.8) is 0 Å². The summed E-state index contributed by atoms with van der Waals surface area (Å²) < 4.78 is 18.4. The van der Waals surface area contributed by atoms with Crippen molar-refractivity contribution in [1.29, 1.82) is 0 Å². The Kier molecular flexibility index (Phi) is 4.28. The van der Waals surface area contributed by atoms with Gasteiger partial charge in [-0.1, -0.05) is 11.6 Å². The highest BCUT2D eigenvalue weighted by atomic mass is 35.5. The summed E-state index contributed by atoms with van der Waals surface area (Å²) in [7, 11) is 1.20. The number of halogens is 2. The number of ether oxygens (including phenoxy) is 1. The van der Waals surface area contributed by atoms with Crippen LogP contribution in [-0.2, 0) is 4.79 Å². The Morgan fingerprint density at radius 2 is 2.06 bits per heavy atom. The van der Waals surface area contributed by atoms with Crippen molar-refractivity contribution in [3.05, 3.63) is 28.5 Å². The first-order chi connectivity index (χ1) is 7.90. The molecule has 17 heavy (non-hydrogen) atoms. The van der Waals surface area contributed by atoms with Crippen LogP contribution in [0.25, 0.3) is 0 Å². The van der Waals surface area contributed by atoms with Gasteiger partial charge in [0, 0.05) is 10.6 Å². The molecule has 0 spiro atoms. The number of benzene rings is 1. The summed E-state index contributed by atoms with van der Waals surface area (Å²) in [5.41, 5.74) is -0.513. The number of aliphatic hydroxyl groups excluding tert-OH is 2. The van der Waals surface area contributed by atoms with Crippen LogP contribution in [-0.4, -0.2) is 34.5 Å². The van der Waals surface area contributed by atoms with Gasteiger partial charge in [-0.15, -0.1) is 0 Å². The number of hydrogen-bond donors (Lipinski definition) is 3. The van der Waals surface area contributed by atoms with Crippen molar-refractivity contribution in [3.8, 4) is 5.75 Å². The van der Waals surface area contributed by atoms with E-state index in [-0.39, 0.29) is 10.8 Å². The number of carboxylic acids is 1. The molecule has 0 fully saturated rings. The molecule has 0 aliphatic heterocycles. The molecule has 1 aromatic carbocycles. The van der Waals surface area contributed by atoms with Crippen molar-refractivity contribution in [2.45, 2.75) is 12.2 Å². The van der Waals surface area contributed by atoms with Crippen LogP contribution >= 0.6 is 11.6 Å². The summed E-state index contributed by atoms with van der Waals surface area (Å²) in [4.78, 5) is 10.5. The number of methoxy groups -OCH3 is 1. The summed E-state index contributed by atoms with van der Waals surface area (Å²) in [5.74, 6) is -2.90. The molecular formula is C10H10ClFO5. The highest BCUT2D eigenvalue weighted by Crippen LogP contribution is 2.33. The van der Waals surface area contributed by atoms with Gasteiger partial charge in [0.25, 0.3) is 0 Å². The van der Waals surface area contributed by atoms with Gasteiger partial charge in [-0.05, 0) is 12.1 Å². The maximum absolute atomic E-state index is 13.7. The molecule has 0 saturated carbocycles. The lowest BCUT2D eigenvalue weighted by Gasteiger charge is -2.17. The number of aliphatic hydroxyl groups is 2. The third kappa shape index (κ3) is 2.66. The van der Waals surface area contributed by atoms with Crippen molar-refractivity contribution in [1.82, 2.24) is 0 Å². The van der Waals surface area contributed by atoms with Crippen LogP contribution < -0.4 is 4.74 Å². The maximum atomic E-state index is 13.7. The van der Waals surface area contributed by atoms with Crippen LogP contribution in [0.15, 0.2) is 12.1 Å². The third-order valence-electron chi connectivity index (χ3n) is 2.16. The van der Waals surface area contributed by atoms with E-state index in [1.807, 2.05) is 0 Å². The molecule has 3 N–H and O–H groups in total. The molecule has 2 unspecified atom stereocenters. The van der Waals surface area contributed by atoms with E-state index >= 15 is 0 Å². The molecule has 0 amide bonds. The van der Waals surface area contributed by atoms with Crippen LogP contribution in [0.2, 0.25) is 5.02 Å². The summed E-state index contributed by atoms with van der Waals surface area (Å²) in [6.45, 7) is 0. The molecule has 0 aliphatic carbocycles. The lowest BCUT2D eigenvalue weighted by molar-refractivity contribution is -0.153. The molecular weight excluding hydrogens is 255 g/mol. The first-order valence-corrected chi connectivity index (χ1v) is 4.88. The van der Waals surface area contributed by atoms with E-state index in [1.165, 1.54) is 19.2 Å². The number of aliphatic carboxylic acids is 1. The van der Waals surface area contributed by atoms with Crippen molar-refractivity contribution in [2.24, 2.45) is 0 Å². The van der Waals surface area contributed by atoms with E-state index in [0.29, 0.717) is 0 Å². The molecule has 5 nitrogen and oxygen atoms in total. The molecule has 0 aromatic heterocycles. The molecule has 7 heteroatoms. The van der Waals surface area contributed by atoms with E-state index < -0.39 is 29.6 Å². The standard InChI is InChI=1S/C10H10ClFO5/c1-17-5-3-2-4(11)6(7(5)12)8(13)9(14)10(15)16/h2-3,8-9,13-14H,1H3,(H,15,16). The molecule has 0 saturated heterocycles. The molecule has 0 bridgehead atoms. The van der Waals surface area contributed by atoms with Gasteiger partial charge in [-0.2, -0.15) is 0 Å². The molecule has 0 radical (unpaired) electrons. The first-order valence-electron chi connectivity index (χ1n) is 4.51. The Morgan fingerprint density at radius 3 is 2.53 bits per heavy atom. The fourth-order valence-electron chi connectivity index (χ4n) is 1.27. The topological polar surface area (TPSA) is 87.0 Å². The second kappa shape index (κ2) is 5.31. The minimum atomic E-state index is -2.17. The summed E-state index contributed by atoms with van der Waals surface area (Å²) in [6.07, 6.45) is -4.15. The van der Waals surface area contributed by atoms with Crippen LogP contribution in [0.4, 0.5) is 4.39 Å². The number of hydrogen-bond acceptors (Lipinski definition) is 4. The molecule has 0 aliphatic rings. The van der Waals surface area contributed by atoms with E-state index in [1.54, 1.807) is 0 Å². The van der Waals surface area contributed by atoms with Crippen LogP contribution in [0.1, 0.15) is 11.7 Å². The molecule has 94 valence electrons. The largest absolute Gasteiger partial charge is 0.494 e. The van der Waals surface area contributed by atoms with E-state index in [9.17, 15) is 14.3 Å². The average molecular weight is 265 g/mol. The predicted octanol–water partition coefficient (Wildman–Crippen LogP) is 0.967. The summed E-state index contributed by atoms with van der Waals surface area (Å²) in [6, 6.07) is 2.46. The Labute approximate surface area is 101 Å². The Morgan fingerprint density at radius 1 is 1.47 bits per heavy atom. The minimum Gasteiger partial charge on any atom is -0.494 e. The predicted molar refractivity (Wildman–Crippen MR) is 56.6 cm³/mol. The van der Waals surface area contributed by atoms with Gasteiger partial charge in [-0.25, -0.2) is 9.18 Å². The van der Waals surface area contributed by atoms with E-state index in [0.717, 1.165) is 0 Å². The number of carboxylic acid groups (broad SMARTS) is 1. The van der Waals surface area contributed by atoms with Gasteiger partial charge in [0.05, 0.1) is 7.11 Å². The van der Waals surface area contributed by atoms with Gasteiger partial charge in [0.15, 0.2) is 17.7 Å². The number of carbonyl (C=O) groups is 1. The SMILES string of the molecule is COc1ccc(Cl)c(C(O)C(O)C(=O)O)c1F. The van der Waals surface area contributed by atoms with Crippen molar-refractivity contribution >= 4 is 17.6 Å². The third-order valence-corrected chi connectivity index (χ3v) is 2.49. The lowest BCUT2D eigenvalue weighted by atomic mass is 10.0. The summed E-state index contributed by atoms with van der Waals surface area (Å²) >= 11 is 5.64. The van der Waals surface area contributed by atoms with Gasteiger partial charge in [0.2, 0.25) is 0 Å². The molecule has 1 aromatic rings. The zero-order valence-corrected chi connectivity index (χ0v) is 9.48. The van der Waals surface area contributed by atoms with Crippen LogP contribution in [0.3, 0.4) is 0 Å². The summed E-state index contributed by atoms with van der Waals surface area (Å²) in [5, 5.41) is 27.0. The average Bonchev–Trinajstić information content (AvgIpc) is 2.28. The lowest BCUT2D eigenvalue weighted by Crippen LogP contribution is -2.28. The first kappa shape index (κ1) is 13.7. The highest BCUT2D eigenvalue weighted by molar-refractivity contribution is 6.31. The Bertz CT molecular complexity index is 437.